The maximum absolute atomic E-state index is 13.2. The molecule has 1 saturated carbocycles. The number of carbonyl (C=O) groups is 1. The maximum atomic E-state index is 13.2. The van der Waals surface area contributed by atoms with Crippen LogP contribution in [0.1, 0.15) is 55.7 Å². The summed E-state index contributed by atoms with van der Waals surface area (Å²) in [5.41, 5.74) is 2.39. The van der Waals surface area contributed by atoms with Gasteiger partial charge in [0.15, 0.2) is 0 Å². The number of pyridine rings is 1. The van der Waals surface area contributed by atoms with Gasteiger partial charge in [-0.1, -0.05) is 31.4 Å². The zero-order valence-corrected chi connectivity index (χ0v) is 19.6. The van der Waals surface area contributed by atoms with Crippen molar-refractivity contribution in [1.82, 2.24) is 4.57 Å². The SMILES string of the molecule is COc1ccc(CC(=O)Nc2ccc3n(c2=O)C[C@H]2C[C@@H]3C[NH+](CC3CCCCC3)C2)cc1. The lowest BCUT2D eigenvalue weighted by molar-refractivity contribution is -0.914. The minimum Gasteiger partial charge on any atom is -0.497 e. The molecule has 3 atom stereocenters. The molecule has 1 aromatic carbocycles. The summed E-state index contributed by atoms with van der Waals surface area (Å²) < 4.78 is 7.11. The molecule has 0 radical (unpaired) electrons. The molecule has 176 valence electrons. The first-order chi connectivity index (χ1) is 16.1. The fourth-order valence-electron chi connectivity index (χ4n) is 6.35. The van der Waals surface area contributed by atoms with Crippen LogP contribution in [-0.2, 0) is 17.8 Å². The Hall–Kier alpha value is -2.60. The van der Waals surface area contributed by atoms with Crippen molar-refractivity contribution in [3.8, 4) is 5.75 Å². The second kappa shape index (κ2) is 9.72. The molecule has 6 nitrogen and oxygen atoms in total. The van der Waals surface area contributed by atoms with Gasteiger partial charge in [0.05, 0.1) is 33.2 Å². The number of benzene rings is 1. The van der Waals surface area contributed by atoms with Gasteiger partial charge in [-0.05, 0) is 49.1 Å². The Morgan fingerprint density at radius 1 is 1.09 bits per heavy atom. The van der Waals surface area contributed by atoms with Gasteiger partial charge in [0, 0.05) is 30.0 Å². The lowest BCUT2D eigenvalue weighted by Gasteiger charge is -2.41. The molecule has 2 N–H and O–H groups in total. The predicted molar refractivity (Wildman–Crippen MR) is 129 cm³/mol. The van der Waals surface area contributed by atoms with E-state index in [2.05, 4.69) is 11.4 Å². The molecule has 1 saturated heterocycles. The number of rotatable bonds is 6. The molecule has 6 heteroatoms. The summed E-state index contributed by atoms with van der Waals surface area (Å²) in [5, 5.41) is 2.86. The lowest BCUT2D eigenvalue weighted by Crippen LogP contribution is -3.15. The van der Waals surface area contributed by atoms with Crippen LogP contribution < -0.4 is 20.5 Å². The Labute approximate surface area is 195 Å². The van der Waals surface area contributed by atoms with Crippen LogP contribution in [0.5, 0.6) is 5.75 Å². The fourth-order valence-corrected chi connectivity index (χ4v) is 6.35. The van der Waals surface area contributed by atoms with E-state index in [0.29, 0.717) is 17.5 Å². The zero-order chi connectivity index (χ0) is 22.8. The number of quaternary nitrogens is 1. The average Bonchev–Trinajstić information content (AvgIpc) is 2.82. The Morgan fingerprint density at radius 3 is 2.64 bits per heavy atom. The third-order valence-corrected chi connectivity index (χ3v) is 7.90. The first kappa shape index (κ1) is 22.2. The predicted octanol–water partition coefficient (Wildman–Crippen LogP) is 2.62. The molecular weight excluding hydrogens is 414 g/mol. The van der Waals surface area contributed by atoms with Crippen molar-refractivity contribution in [1.29, 1.82) is 0 Å². The molecule has 33 heavy (non-hydrogen) atoms. The van der Waals surface area contributed by atoms with Crippen LogP contribution in [0, 0.1) is 11.8 Å². The molecule has 5 rings (SSSR count). The number of likely N-dealkylation sites (tertiary alicyclic amines) is 1. The van der Waals surface area contributed by atoms with Gasteiger partial charge in [0.2, 0.25) is 5.91 Å². The van der Waals surface area contributed by atoms with Gasteiger partial charge < -0.3 is 19.5 Å². The minimum absolute atomic E-state index is 0.0546. The fraction of sp³-hybridized carbons (Fsp3) is 0.556. The van der Waals surface area contributed by atoms with Crippen molar-refractivity contribution in [2.75, 3.05) is 32.1 Å². The monoisotopic (exact) mass is 450 g/mol. The van der Waals surface area contributed by atoms with E-state index in [1.54, 1.807) is 12.0 Å². The van der Waals surface area contributed by atoms with E-state index in [0.717, 1.165) is 36.0 Å². The number of carbonyl (C=O) groups excluding carboxylic acids is 1. The van der Waals surface area contributed by atoms with Gasteiger partial charge in [-0.15, -0.1) is 0 Å². The Bertz CT molecular complexity index is 1040. The number of nitrogens with one attached hydrogen (secondary N) is 2. The third-order valence-electron chi connectivity index (χ3n) is 7.90. The quantitative estimate of drug-likeness (QED) is 0.711. The number of methoxy groups -OCH3 is 1. The number of hydrogen-bond acceptors (Lipinski definition) is 3. The van der Waals surface area contributed by atoms with E-state index in [1.165, 1.54) is 51.6 Å². The summed E-state index contributed by atoms with van der Waals surface area (Å²) in [6.45, 7) is 4.39. The van der Waals surface area contributed by atoms with Gasteiger partial charge >= 0.3 is 0 Å². The third kappa shape index (κ3) is 5.01. The van der Waals surface area contributed by atoms with Crippen LogP contribution in [0.15, 0.2) is 41.2 Å². The van der Waals surface area contributed by atoms with Gasteiger partial charge in [0.1, 0.15) is 11.4 Å². The molecule has 2 aromatic rings. The van der Waals surface area contributed by atoms with Crippen LogP contribution in [-0.4, -0.2) is 37.2 Å². The van der Waals surface area contributed by atoms with Crippen LogP contribution in [0.2, 0.25) is 0 Å². The van der Waals surface area contributed by atoms with Crippen LogP contribution in [0.4, 0.5) is 5.69 Å². The second-order valence-corrected chi connectivity index (χ2v) is 10.3. The molecule has 2 aliphatic heterocycles. The summed E-state index contributed by atoms with van der Waals surface area (Å²) in [7, 11) is 1.62. The molecule has 2 fully saturated rings. The number of anilines is 1. The topological polar surface area (TPSA) is 64.8 Å². The second-order valence-electron chi connectivity index (χ2n) is 10.3. The minimum atomic E-state index is -0.170. The lowest BCUT2D eigenvalue weighted by atomic mass is 9.81. The van der Waals surface area contributed by atoms with Gasteiger partial charge in [-0.25, -0.2) is 0 Å². The molecule has 1 aromatic heterocycles. The molecule has 1 aliphatic carbocycles. The number of ether oxygens (including phenoxy) is 1. The highest BCUT2D eigenvalue weighted by atomic mass is 16.5. The Morgan fingerprint density at radius 2 is 1.88 bits per heavy atom. The van der Waals surface area contributed by atoms with Crippen LogP contribution >= 0.6 is 0 Å². The zero-order valence-electron chi connectivity index (χ0n) is 19.6. The molecule has 1 amide bonds. The molecule has 2 bridgehead atoms. The molecule has 3 heterocycles. The van der Waals surface area contributed by atoms with Crippen molar-refractivity contribution in [2.24, 2.45) is 11.8 Å². The van der Waals surface area contributed by atoms with E-state index in [-0.39, 0.29) is 17.9 Å². The first-order valence-electron chi connectivity index (χ1n) is 12.6. The highest BCUT2D eigenvalue weighted by Crippen LogP contribution is 2.31. The van der Waals surface area contributed by atoms with E-state index in [1.807, 2.05) is 34.9 Å². The number of fused-ring (bicyclic) bond motifs is 4. The standard InChI is InChI=1S/C27H35N3O3/c1-33-23-9-7-19(8-10-23)14-26(31)28-24-11-12-25-22-13-21(17-30(25)27(24)32)16-29(18-22)15-20-5-3-2-4-6-20/h7-12,20-22H,2-6,13-18H2,1H3,(H,28,31)/p+1/t21-,22+/m0/s1. The van der Waals surface area contributed by atoms with E-state index in [4.69, 9.17) is 4.74 Å². The summed E-state index contributed by atoms with van der Waals surface area (Å²) >= 11 is 0. The maximum Gasteiger partial charge on any atom is 0.274 e. The molecule has 3 aliphatic rings. The van der Waals surface area contributed by atoms with E-state index >= 15 is 0 Å². The molecule has 0 spiro atoms. The first-order valence-corrected chi connectivity index (χ1v) is 12.6. The Balaban J connectivity index is 1.25. The van der Waals surface area contributed by atoms with E-state index in [9.17, 15) is 9.59 Å². The van der Waals surface area contributed by atoms with E-state index < -0.39 is 0 Å². The summed E-state index contributed by atoms with van der Waals surface area (Å²) in [6, 6.07) is 11.3. The number of hydrogen-bond donors (Lipinski definition) is 2. The van der Waals surface area contributed by atoms with Crippen molar-refractivity contribution in [3.05, 3.63) is 58.0 Å². The van der Waals surface area contributed by atoms with Crippen molar-refractivity contribution in [3.63, 3.8) is 0 Å². The van der Waals surface area contributed by atoms with Crippen LogP contribution in [0.3, 0.4) is 0 Å². The normalized spacial score (nSPS) is 24.7. The molecule has 1 unspecified atom stereocenters. The number of piperidine rings is 1. The number of nitrogens with zero attached hydrogens (tertiary/aromatic N) is 1. The smallest absolute Gasteiger partial charge is 0.274 e. The summed E-state index contributed by atoms with van der Waals surface area (Å²) in [6.07, 6.45) is 8.42. The van der Waals surface area contributed by atoms with Gasteiger partial charge in [-0.3, -0.25) is 9.59 Å². The summed E-state index contributed by atoms with van der Waals surface area (Å²) in [4.78, 5) is 27.6. The number of amides is 1. The number of aromatic nitrogens is 1. The van der Waals surface area contributed by atoms with Crippen LogP contribution in [0.25, 0.3) is 0 Å². The average molecular weight is 451 g/mol. The summed E-state index contributed by atoms with van der Waals surface area (Å²) in [5.74, 6) is 2.48. The van der Waals surface area contributed by atoms with Crippen molar-refractivity contribution < 1.29 is 14.4 Å². The highest BCUT2D eigenvalue weighted by Gasteiger charge is 2.38. The highest BCUT2D eigenvalue weighted by molar-refractivity contribution is 5.92. The Kier molecular flexibility index (Phi) is 6.54. The van der Waals surface area contributed by atoms with Gasteiger partial charge in [-0.2, -0.15) is 0 Å². The van der Waals surface area contributed by atoms with Crippen molar-refractivity contribution >= 4 is 11.6 Å². The largest absolute Gasteiger partial charge is 0.497 e. The van der Waals surface area contributed by atoms with Crippen molar-refractivity contribution in [2.45, 2.75) is 57.4 Å². The van der Waals surface area contributed by atoms with Gasteiger partial charge in [0.25, 0.3) is 5.56 Å². The molecular formula is C27H36N3O3+.